The van der Waals surface area contributed by atoms with E-state index < -0.39 is 11.6 Å². The molecule has 0 bridgehead atoms. The summed E-state index contributed by atoms with van der Waals surface area (Å²) in [6, 6.07) is 5.63. The first-order valence-corrected chi connectivity index (χ1v) is 5.78. The number of rotatable bonds is 1. The first kappa shape index (κ1) is 12.0. The third kappa shape index (κ3) is 1.84. The van der Waals surface area contributed by atoms with Crippen molar-refractivity contribution in [2.45, 2.75) is 6.92 Å². The third-order valence-electron chi connectivity index (χ3n) is 2.74. The molecule has 3 rings (SSSR count). The number of hydrogen-bond acceptors (Lipinski definition) is 3. The van der Waals surface area contributed by atoms with E-state index in [4.69, 9.17) is 11.6 Å². The average Bonchev–Trinajstić information content (AvgIpc) is 2.78. The lowest BCUT2D eigenvalue weighted by Crippen LogP contribution is -2.00. The van der Waals surface area contributed by atoms with E-state index in [-0.39, 0.29) is 16.5 Å². The quantitative estimate of drug-likeness (QED) is 0.688. The Labute approximate surface area is 111 Å². The van der Waals surface area contributed by atoms with E-state index in [9.17, 15) is 8.78 Å². The van der Waals surface area contributed by atoms with Gasteiger partial charge in [-0.15, -0.1) is 10.2 Å². The maximum atomic E-state index is 14.1. The van der Waals surface area contributed by atoms with Crippen LogP contribution in [0.2, 0.25) is 5.15 Å². The monoisotopic (exact) mass is 280 g/mol. The Morgan fingerprint density at radius 3 is 2.68 bits per heavy atom. The third-order valence-corrected chi connectivity index (χ3v) is 2.94. The van der Waals surface area contributed by atoms with Gasteiger partial charge in [-0.3, -0.25) is 0 Å². The molecule has 2 heterocycles. The van der Waals surface area contributed by atoms with E-state index in [1.165, 1.54) is 22.7 Å². The van der Waals surface area contributed by atoms with Gasteiger partial charge in [-0.2, -0.15) is 9.61 Å². The number of aryl methyl sites for hydroxylation is 1. The van der Waals surface area contributed by atoms with Crippen LogP contribution in [-0.2, 0) is 0 Å². The van der Waals surface area contributed by atoms with Gasteiger partial charge in [-0.1, -0.05) is 17.7 Å². The number of hydrogen-bond donors (Lipinski definition) is 0. The first-order chi connectivity index (χ1) is 9.08. The molecule has 4 nitrogen and oxygen atoms in total. The standard InChI is InChI=1S/C12H7ClF2N4/c1-6-2-3-7(14)10(11(6)15)12-17-16-9-5-4-8(13)18-19(9)12/h2-5H,1H3. The van der Waals surface area contributed by atoms with Crippen molar-refractivity contribution in [3.8, 4) is 11.4 Å². The highest BCUT2D eigenvalue weighted by Crippen LogP contribution is 2.26. The number of halogens is 3. The lowest BCUT2D eigenvalue weighted by atomic mass is 10.1. The summed E-state index contributed by atoms with van der Waals surface area (Å²) < 4.78 is 29.1. The summed E-state index contributed by atoms with van der Waals surface area (Å²) in [6.45, 7) is 1.54. The number of fused-ring (bicyclic) bond motifs is 1. The van der Waals surface area contributed by atoms with E-state index in [1.54, 1.807) is 13.0 Å². The Hall–Kier alpha value is -2.08. The fraction of sp³-hybridized carbons (Fsp3) is 0.0833. The van der Waals surface area contributed by atoms with Gasteiger partial charge in [-0.05, 0) is 30.7 Å². The minimum atomic E-state index is -0.723. The van der Waals surface area contributed by atoms with Crippen molar-refractivity contribution in [1.82, 2.24) is 19.8 Å². The zero-order valence-electron chi connectivity index (χ0n) is 9.73. The average molecular weight is 281 g/mol. The topological polar surface area (TPSA) is 43.1 Å². The lowest BCUT2D eigenvalue weighted by Gasteiger charge is -2.05. The lowest BCUT2D eigenvalue weighted by molar-refractivity contribution is 0.580. The van der Waals surface area contributed by atoms with E-state index in [0.717, 1.165) is 0 Å². The molecule has 0 radical (unpaired) electrons. The molecule has 0 amide bonds. The summed E-state index contributed by atoms with van der Waals surface area (Å²) in [4.78, 5) is 0. The van der Waals surface area contributed by atoms with Gasteiger partial charge in [0.25, 0.3) is 0 Å². The predicted molar refractivity (Wildman–Crippen MR) is 65.9 cm³/mol. The Morgan fingerprint density at radius 1 is 1.11 bits per heavy atom. The molecular weight excluding hydrogens is 274 g/mol. The Kier molecular flexibility index (Phi) is 2.67. The molecule has 0 spiro atoms. The maximum Gasteiger partial charge on any atom is 0.191 e. The molecule has 3 aromatic rings. The highest BCUT2D eigenvalue weighted by Gasteiger charge is 2.19. The van der Waals surface area contributed by atoms with Crippen LogP contribution in [0.4, 0.5) is 8.78 Å². The summed E-state index contributed by atoms with van der Waals surface area (Å²) in [6.07, 6.45) is 0. The smallest absolute Gasteiger partial charge is 0.191 e. The summed E-state index contributed by atoms with van der Waals surface area (Å²) >= 11 is 5.77. The molecule has 1 aromatic carbocycles. The molecule has 0 unspecified atom stereocenters. The molecular formula is C12H7ClF2N4. The largest absolute Gasteiger partial charge is 0.206 e. The van der Waals surface area contributed by atoms with Crippen LogP contribution >= 0.6 is 11.6 Å². The van der Waals surface area contributed by atoms with Crippen LogP contribution in [0.25, 0.3) is 17.0 Å². The molecule has 0 aliphatic rings. The van der Waals surface area contributed by atoms with Crippen LogP contribution in [0, 0.1) is 18.6 Å². The second kappa shape index (κ2) is 4.24. The molecule has 0 saturated carbocycles. The first-order valence-electron chi connectivity index (χ1n) is 5.41. The molecule has 19 heavy (non-hydrogen) atoms. The van der Waals surface area contributed by atoms with Gasteiger partial charge in [0.1, 0.15) is 16.8 Å². The molecule has 0 N–H and O–H groups in total. The molecule has 0 aliphatic heterocycles. The van der Waals surface area contributed by atoms with Crippen LogP contribution < -0.4 is 0 Å². The summed E-state index contributed by atoms with van der Waals surface area (Å²) in [5.41, 5.74) is 0.414. The van der Waals surface area contributed by atoms with Gasteiger partial charge in [0.05, 0.1) is 5.56 Å². The van der Waals surface area contributed by atoms with E-state index in [2.05, 4.69) is 15.3 Å². The molecule has 0 aliphatic carbocycles. The van der Waals surface area contributed by atoms with Crippen molar-refractivity contribution in [3.63, 3.8) is 0 Å². The highest BCUT2D eigenvalue weighted by atomic mass is 35.5. The van der Waals surface area contributed by atoms with Crippen LogP contribution in [0.15, 0.2) is 24.3 Å². The van der Waals surface area contributed by atoms with Gasteiger partial charge in [0, 0.05) is 0 Å². The van der Waals surface area contributed by atoms with Crippen LogP contribution in [0.3, 0.4) is 0 Å². The molecule has 96 valence electrons. The predicted octanol–water partition coefficient (Wildman–Crippen LogP) is 3.03. The summed E-state index contributed by atoms with van der Waals surface area (Å²) in [5.74, 6) is -1.42. The van der Waals surface area contributed by atoms with Gasteiger partial charge < -0.3 is 0 Å². The van der Waals surface area contributed by atoms with E-state index in [0.29, 0.717) is 11.2 Å². The number of nitrogens with zero attached hydrogens (tertiary/aromatic N) is 4. The molecule has 0 atom stereocenters. The van der Waals surface area contributed by atoms with Crippen molar-refractivity contribution in [3.05, 3.63) is 46.6 Å². The fourth-order valence-electron chi connectivity index (χ4n) is 1.78. The summed E-state index contributed by atoms with van der Waals surface area (Å²) in [7, 11) is 0. The minimum Gasteiger partial charge on any atom is -0.206 e. The number of aromatic nitrogens is 4. The van der Waals surface area contributed by atoms with Crippen molar-refractivity contribution < 1.29 is 8.78 Å². The zero-order chi connectivity index (χ0) is 13.6. The van der Waals surface area contributed by atoms with Gasteiger partial charge in [-0.25, -0.2) is 8.78 Å². The van der Waals surface area contributed by atoms with Crippen LogP contribution in [-0.4, -0.2) is 19.8 Å². The SMILES string of the molecule is Cc1ccc(F)c(-c2nnc3ccc(Cl)nn23)c1F. The molecule has 2 aromatic heterocycles. The Morgan fingerprint density at radius 2 is 1.89 bits per heavy atom. The van der Waals surface area contributed by atoms with E-state index in [1.807, 2.05) is 0 Å². The van der Waals surface area contributed by atoms with Gasteiger partial charge in [0.2, 0.25) is 0 Å². The van der Waals surface area contributed by atoms with Crippen LogP contribution in [0.5, 0.6) is 0 Å². The van der Waals surface area contributed by atoms with Gasteiger partial charge in [0.15, 0.2) is 11.5 Å². The van der Waals surface area contributed by atoms with Crippen molar-refractivity contribution in [2.75, 3.05) is 0 Å². The second-order valence-corrected chi connectivity index (χ2v) is 4.39. The van der Waals surface area contributed by atoms with Crippen molar-refractivity contribution in [2.24, 2.45) is 0 Å². The van der Waals surface area contributed by atoms with E-state index >= 15 is 0 Å². The Bertz CT molecular complexity index is 785. The van der Waals surface area contributed by atoms with Crippen molar-refractivity contribution in [1.29, 1.82) is 0 Å². The Balaban J connectivity index is 2.37. The fourth-order valence-corrected chi connectivity index (χ4v) is 1.92. The molecule has 0 fully saturated rings. The maximum absolute atomic E-state index is 14.1. The number of benzene rings is 1. The minimum absolute atomic E-state index is 0.0174. The normalized spacial score (nSPS) is 11.2. The zero-order valence-corrected chi connectivity index (χ0v) is 10.5. The second-order valence-electron chi connectivity index (χ2n) is 4.00. The van der Waals surface area contributed by atoms with Crippen molar-refractivity contribution >= 4 is 17.2 Å². The van der Waals surface area contributed by atoms with Gasteiger partial charge >= 0.3 is 0 Å². The van der Waals surface area contributed by atoms with Crippen LogP contribution in [0.1, 0.15) is 5.56 Å². The summed E-state index contributed by atoms with van der Waals surface area (Å²) in [5, 5.41) is 11.7. The highest BCUT2D eigenvalue weighted by molar-refractivity contribution is 6.29. The molecule has 0 saturated heterocycles. The molecule has 7 heteroatoms.